The van der Waals surface area contributed by atoms with Crippen LogP contribution in [0.3, 0.4) is 0 Å². The molecular weight excluding hydrogens is 346 g/mol. The van der Waals surface area contributed by atoms with Gasteiger partial charge in [0, 0.05) is 24.4 Å². The third-order valence-corrected chi connectivity index (χ3v) is 4.68. The molecule has 0 saturated heterocycles. The highest BCUT2D eigenvalue weighted by molar-refractivity contribution is 5.75. The van der Waals surface area contributed by atoms with Crippen molar-refractivity contribution in [2.45, 2.75) is 58.5 Å². The van der Waals surface area contributed by atoms with Gasteiger partial charge in [-0.3, -0.25) is 19.0 Å². The maximum atomic E-state index is 12.1. The van der Waals surface area contributed by atoms with Gasteiger partial charge in [-0.1, -0.05) is 13.3 Å². The Bertz CT molecular complexity index is 932. The summed E-state index contributed by atoms with van der Waals surface area (Å²) in [4.78, 5) is 40.4. The van der Waals surface area contributed by atoms with Crippen LogP contribution >= 0.6 is 0 Å². The molecule has 1 aliphatic carbocycles. The smallest absolute Gasteiger partial charge is 0.267 e. The minimum absolute atomic E-state index is 0.0925. The largest absolute Gasteiger partial charge is 0.353 e. The summed E-state index contributed by atoms with van der Waals surface area (Å²) in [5.41, 5.74) is 2.38. The molecule has 2 aromatic rings. The average molecular weight is 371 g/mol. The fourth-order valence-electron chi connectivity index (χ4n) is 3.25. The number of amides is 1. The Balaban J connectivity index is 1.54. The summed E-state index contributed by atoms with van der Waals surface area (Å²) in [6.45, 7) is 2.51. The van der Waals surface area contributed by atoms with Crippen LogP contribution in [-0.4, -0.2) is 31.8 Å². The van der Waals surface area contributed by atoms with Crippen molar-refractivity contribution in [2.24, 2.45) is 0 Å². The van der Waals surface area contributed by atoms with Gasteiger partial charge in [-0.25, -0.2) is 9.67 Å². The van der Waals surface area contributed by atoms with Crippen LogP contribution in [0.2, 0.25) is 0 Å². The predicted octanol–water partition coefficient (Wildman–Crippen LogP) is 0.448. The molecule has 8 nitrogen and oxygen atoms in total. The van der Waals surface area contributed by atoms with E-state index in [1.807, 2.05) is 6.92 Å². The molecule has 0 fully saturated rings. The average Bonchev–Trinajstić information content (AvgIpc) is 2.64. The number of nitrogens with one attached hydrogen (secondary N) is 1. The molecule has 0 spiro atoms. The van der Waals surface area contributed by atoms with Crippen LogP contribution in [0.25, 0.3) is 0 Å². The Morgan fingerprint density at radius 3 is 2.78 bits per heavy atom. The van der Waals surface area contributed by atoms with Gasteiger partial charge in [-0.05, 0) is 37.7 Å². The first-order valence-electron chi connectivity index (χ1n) is 9.49. The van der Waals surface area contributed by atoms with Gasteiger partial charge in [0.1, 0.15) is 6.54 Å². The predicted molar refractivity (Wildman–Crippen MR) is 101 cm³/mol. The molecule has 2 heterocycles. The summed E-state index contributed by atoms with van der Waals surface area (Å²) < 4.78 is 2.68. The number of aryl methyl sites for hydroxylation is 3. The molecule has 0 bridgehead atoms. The van der Waals surface area contributed by atoms with E-state index >= 15 is 0 Å². The summed E-state index contributed by atoms with van der Waals surface area (Å²) in [6, 6.07) is 3.12. The van der Waals surface area contributed by atoms with Crippen LogP contribution in [0.1, 0.15) is 43.1 Å². The first kappa shape index (κ1) is 19.0. The number of nitrogens with zero attached hydrogens (tertiary/aromatic N) is 4. The van der Waals surface area contributed by atoms with E-state index in [0.29, 0.717) is 6.54 Å². The lowest BCUT2D eigenvalue weighted by atomic mass is 9.97. The molecule has 0 atom stereocenters. The maximum Gasteiger partial charge on any atom is 0.267 e. The first-order valence-corrected chi connectivity index (χ1v) is 9.49. The van der Waals surface area contributed by atoms with Crippen LogP contribution in [0.4, 0.5) is 0 Å². The molecule has 0 aromatic carbocycles. The number of aromatic nitrogens is 4. The number of rotatable bonds is 7. The van der Waals surface area contributed by atoms with Crippen LogP contribution in [0.15, 0.2) is 28.0 Å². The van der Waals surface area contributed by atoms with E-state index < -0.39 is 0 Å². The Morgan fingerprint density at radius 2 is 2.00 bits per heavy atom. The number of carbonyl (C=O) groups excluding carboxylic acids is 1. The molecule has 1 amide bonds. The van der Waals surface area contributed by atoms with E-state index in [2.05, 4.69) is 15.4 Å². The molecule has 0 radical (unpaired) electrons. The van der Waals surface area contributed by atoms with Gasteiger partial charge >= 0.3 is 0 Å². The molecule has 2 aromatic heterocycles. The second-order valence-electron chi connectivity index (χ2n) is 6.83. The number of hydrogen-bond donors (Lipinski definition) is 1. The minimum atomic E-state index is -0.298. The summed E-state index contributed by atoms with van der Waals surface area (Å²) in [6.07, 6.45) is 7.05. The molecule has 1 N–H and O–H groups in total. The Labute approximate surface area is 157 Å². The van der Waals surface area contributed by atoms with E-state index in [-0.39, 0.29) is 30.1 Å². The highest BCUT2D eigenvalue weighted by Crippen LogP contribution is 2.16. The van der Waals surface area contributed by atoms with Crippen molar-refractivity contribution in [3.05, 3.63) is 56.1 Å². The third-order valence-electron chi connectivity index (χ3n) is 4.68. The topological polar surface area (TPSA) is 98.9 Å². The van der Waals surface area contributed by atoms with Gasteiger partial charge in [0.25, 0.3) is 11.1 Å². The van der Waals surface area contributed by atoms with Crippen molar-refractivity contribution in [1.29, 1.82) is 0 Å². The molecule has 3 rings (SSSR count). The second-order valence-corrected chi connectivity index (χ2v) is 6.83. The zero-order valence-electron chi connectivity index (χ0n) is 15.6. The van der Waals surface area contributed by atoms with E-state index in [0.717, 1.165) is 55.5 Å². The van der Waals surface area contributed by atoms with E-state index in [1.54, 1.807) is 6.07 Å². The van der Waals surface area contributed by atoms with Crippen molar-refractivity contribution in [1.82, 2.24) is 24.6 Å². The van der Waals surface area contributed by atoms with Gasteiger partial charge in [-0.15, -0.1) is 0 Å². The molecule has 8 heteroatoms. The van der Waals surface area contributed by atoms with Crippen LogP contribution in [0.5, 0.6) is 0 Å². The van der Waals surface area contributed by atoms with E-state index in [9.17, 15) is 14.4 Å². The zero-order valence-corrected chi connectivity index (χ0v) is 15.6. The second kappa shape index (κ2) is 8.75. The molecule has 0 unspecified atom stereocenters. The molecule has 0 aliphatic heterocycles. The Morgan fingerprint density at radius 1 is 1.19 bits per heavy atom. The van der Waals surface area contributed by atoms with Crippen LogP contribution in [0, 0.1) is 0 Å². The molecule has 144 valence electrons. The number of carbonyl (C=O) groups is 1. The van der Waals surface area contributed by atoms with E-state index in [4.69, 9.17) is 0 Å². The van der Waals surface area contributed by atoms with Gasteiger partial charge < -0.3 is 5.32 Å². The van der Waals surface area contributed by atoms with Gasteiger partial charge in [0.2, 0.25) is 5.91 Å². The van der Waals surface area contributed by atoms with Gasteiger partial charge in [0.15, 0.2) is 0 Å². The Kier molecular flexibility index (Phi) is 6.16. The maximum absolute atomic E-state index is 12.1. The minimum Gasteiger partial charge on any atom is -0.353 e. The number of hydrogen-bond acceptors (Lipinski definition) is 5. The van der Waals surface area contributed by atoms with Crippen LogP contribution < -0.4 is 16.4 Å². The summed E-state index contributed by atoms with van der Waals surface area (Å²) >= 11 is 0. The SMILES string of the molecule is CCCc1cc(=O)n(CC(=O)NCCn2nc3c(cc2=O)CCCC3)cn1. The van der Waals surface area contributed by atoms with Crippen molar-refractivity contribution >= 4 is 5.91 Å². The summed E-state index contributed by atoms with van der Waals surface area (Å²) in [7, 11) is 0. The standard InChI is InChI=1S/C19H25N5O3/c1-2-5-15-11-18(26)23(13-21-15)12-17(25)20-8-9-24-19(27)10-14-6-3-4-7-16(14)22-24/h10-11,13H,2-9,12H2,1H3,(H,20,25). The fourth-order valence-corrected chi connectivity index (χ4v) is 3.25. The lowest BCUT2D eigenvalue weighted by Crippen LogP contribution is -2.36. The molecule has 1 aliphatic rings. The van der Waals surface area contributed by atoms with Crippen molar-refractivity contribution in [3.63, 3.8) is 0 Å². The quantitative estimate of drug-likeness (QED) is 0.762. The van der Waals surface area contributed by atoms with E-state index in [1.165, 1.54) is 21.6 Å². The zero-order chi connectivity index (χ0) is 19.2. The molecule has 27 heavy (non-hydrogen) atoms. The number of fused-ring (bicyclic) bond motifs is 1. The fraction of sp³-hybridized carbons (Fsp3) is 0.526. The lowest BCUT2D eigenvalue weighted by molar-refractivity contribution is -0.121. The summed E-state index contributed by atoms with van der Waals surface area (Å²) in [5, 5.41) is 7.15. The highest BCUT2D eigenvalue weighted by Gasteiger charge is 2.13. The summed E-state index contributed by atoms with van der Waals surface area (Å²) in [5.74, 6) is -0.298. The third kappa shape index (κ3) is 4.90. The molecule has 0 saturated carbocycles. The van der Waals surface area contributed by atoms with Crippen molar-refractivity contribution < 1.29 is 4.79 Å². The molecular formula is C19H25N5O3. The highest BCUT2D eigenvalue weighted by atomic mass is 16.2. The monoisotopic (exact) mass is 371 g/mol. The first-order chi connectivity index (χ1) is 13.1. The van der Waals surface area contributed by atoms with Crippen LogP contribution in [-0.2, 0) is 37.1 Å². The Hall–Kier alpha value is -2.77. The van der Waals surface area contributed by atoms with Gasteiger partial charge in [0.05, 0.1) is 18.6 Å². The van der Waals surface area contributed by atoms with Crippen molar-refractivity contribution in [2.75, 3.05) is 6.54 Å². The normalized spacial score (nSPS) is 13.2. The lowest BCUT2D eigenvalue weighted by Gasteiger charge is -2.16. The van der Waals surface area contributed by atoms with Gasteiger partial charge in [-0.2, -0.15) is 5.10 Å². The van der Waals surface area contributed by atoms with Crippen molar-refractivity contribution in [3.8, 4) is 0 Å².